The number of hydrogen-bond acceptors (Lipinski definition) is 4. The van der Waals surface area contributed by atoms with Crippen LogP contribution in [-0.4, -0.2) is 52.3 Å². The molecule has 0 saturated carbocycles. The standard InChI is InChI=1S/C20H26N2O4/c1-14(2)17(23)22-11-7-10-20(22)13-21(19(20)25)15(3)18(24)26-12-16-8-5-4-6-9-16/h4-6,8-9,14-15H,7,10-13H2,1-3H3/t15-,20+/m0/s1. The summed E-state index contributed by atoms with van der Waals surface area (Å²) in [5.74, 6) is -0.681. The monoisotopic (exact) mass is 358 g/mol. The minimum absolute atomic E-state index is 0.00908. The summed E-state index contributed by atoms with van der Waals surface area (Å²) < 4.78 is 5.35. The molecule has 6 nitrogen and oxygen atoms in total. The fraction of sp³-hybridized carbons (Fsp3) is 0.550. The van der Waals surface area contributed by atoms with Crippen molar-refractivity contribution in [3.05, 3.63) is 35.9 Å². The maximum atomic E-state index is 12.9. The summed E-state index contributed by atoms with van der Waals surface area (Å²) in [4.78, 5) is 40.9. The molecule has 3 rings (SSSR count). The second-order valence-electron chi connectivity index (χ2n) is 7.48. The number of esters is 1. The van der Waals surface area contributed by atoms with Crippen molar-refractivity contribution in [2.24, 2.45) is 5.92 Å². The van der Waals surface area contributed by atoms with Gasteiger partial charge in [-0.2, -0.15) is 0 Å². The van der Waals surface area contributed by atoms with Crippen LogP contribution in [0.3, 0.4) is 0 Å². The highest BCUT2D eigenvalue weighted by molar-refractivity contribution is 5.99. The molecule has 140 valence electrons. The van der Waals surface area contributed by atoms with E-state index < -0.39 is 17.6 Å². The number of amides is 2. The lowest BCUT2D eigenvalue weighted by Gasteiger charge is -2.52. The first kappa shape index (κ1) is 18.4. The molecule has 26 heavy (non-hydrogen) atoms. The number of carbonyl (C=O) groups excluding carboxylic acids is 3. The first-order valence-electron chi connectivity index (χ1n) is 9.20. The van der Waals surface area contributed by atoms with Gasteiger partial charge >= 0.3 is 5.97 Å². The Morgan fingerprint density at radius 2 is 1.88 bits per heavy atom. The lowest BCUT2D eigenvalue weighted by atomic mass is 9.83. The molecular formula is C20H26N2O4. The van der Waals surface area contributed by atoms with Crippen molar-refractivity contribution in [3.63, 3.8) is 0 Å². The number of β-lactam (4-membered cyclic amide) rings is 1. The van der Waals surface area contributed by atoms with Gasteiger partial charge in [0, 0.05) is 12.5 Å². The maximum absolute atomic E-state index is 12.9. The Hall–Kier alpha value is -2.37. The van der Waals surface area contributed by atoms with Crippen molar-refractivity contribution >= 4 is 17.8 Å². The van der Waals surface area contributed by atoms with Crippen molar-refractivity contribution in [1.29, 1.82) is 0 Å². The number of rotatable bonds is 5. The molecular weight excluding hydrogens is 332 g/mol. The van der Waals surface area contributed by atoms with Crippen LogP contribution in [0.2, 0.25) is 0 Å². The van der Waals surface area contributed by atoms with Crippen molar-refractivity contribution in [2.75, 3.05) is 13.1 Å². The Balaban J connectivity index is 1.60. The van der Waals surface area contributed by atoms with E-state index in [1.54, 1.807) is 11.8 Å². The quantitative estimate of drug-likeness (QED) is 0.596. The summed E-state index contributed by atoms with van der Waals surface area (Å²) in [5.41, 5.74) is 0.166. The van der Waals surface area contributed by atoms with Gasteiger partial charge in [-0.05, 0) is 25.3 Å². The molecule has 2 heterocycles. The van der Waals surface area contributed by atoms with Gasteiger partial charge in [0.05, 0.1) is 6.54 Å². The molecule has 6 heteroatoms. The van der Waals surface area contributed by atoms with Crippen molar-refractivity contribution in [3.8, 4) is 0 Å². The van der Waals surface area contributed by atoms with Crippen LogP contribution in [0, 0.1) is 5.92 Å². The Bertz CT molecular complexity index is 703. The van der Waals surface area contributed by atoms with E-state index in [1.807, 2.05) is 44.2 Å². The molecule has 2 atom stereocenters. The van der Waals surface area contributed by atoms with Crippen molar-refractivity contribution in [2.45, 2.75) is 51.8 Å². The Morgan fingerprint density at radius 1 is 1.19 bits per heavy atom. The van der Waals surface area contributed by atoms with E-state index in [2.05, 4.69) is 0 Å². The van der Waals surface area contributed by atoms with Crippen LogP contribution in [-0.2, 0) is 25.7 Å². The van der Waals surface area contributed by atoms with Crippen LogP contribution in [0.4, 0.5) is 0 Å². The molecule has 1 aromatic carbocycles. The molecule has 2 aliphatic heterocycles. The van der Waals surface area contributed by atoms with Gasteiger partial charge in [0.15, 0.2) is 0 Å². The van der Waals surface area contributed by atoms with E-state index in [9.17, 15) is 14.4 Å². The fourth-order valence-corrected chi connectivity index (χ4v) is 3.78. The second-order valence-corrected chi connectivity index (χ2v) is 7.48. The molecule has 2 fully saturated rings. The van der Waals surface area contributed by atoms with E-state index in [0.717, 1.165) is 12.0 Å². The van der Waals surface area contributed by atoms with Gasteiger partial charge in [-0.1, -0.05) is 44.2 Å². The van der Waals surface area contributed by atoms with Crippen LogP contribution in [0.15, 0.2) is 30.3 Å². The average molecular weight is 358 g/mol. The number of hydrogen-bond donors (Lipinski definition) is 0. The summed E-state index contributed by atoms with van der Waals surface area (Å²) in [6.07, 6.45) is 1.50. The number of carbonyl (C=O) groups is 3. The molecule has 0 unspecified atom stereocenters. The van der Waals surface area contributed by atoms with Crippen LogP contribution >= 0.6 is 0 Å². The van der Waals surface area contributed by atoms with Gasteiger partial charge in [-0.15, -0.1) is 0 Å². The summed E-state index contributed by atoms with van der Waals surface area (Å²) >= 11 is 0. The van der Waals surface area contributed by atoms with Crippen LogP contribution < -0.4 is 0 Å². The summed E-state index contributed by atoms with van der Waals surface area (Å²) in [5, 5.41) is 0. The predicted octanol–water partition coefficient (Wildman–Crippen LogP) is 1.98. The third-order valence-corrected chi connectivity index (χ3v) is 5.37. The van der Waals surface area contributed by atoms with E-state index in [4.69, 9.17) is 4.74 Å². The summed E-state index contributed by atoms with van der Waals surface area (Å²) in [7, 11) is 0. The van der Waals surface area contributed by atoms with E-state index in [-0.39, 0.29) is 24.3 Å². The Kier molecular flexibility index (Phi) is 5.03. The largest absolute Gasteiger partial charge is 0.459 e. The fourth-order valence-electron chi connectivity index (χ4n) is 3.78. The first-order valence-corrected chi connectivity index (χ1v) is 9.20. The smallest absolute Gasteiger partial charge is 0.328 e. The van der Waals surface area contributed by atoms with Crippen LogP contribution in [0.25, 0.3) is 0 Å². The van der Waals surface area contributed by atoms with Gasteiger partial charge in [-0.25, -0.2) is 4.79 Å². The third-order valence-electron chi connectivity index (χ3n) is 5.37. The summed E-state index contributed by atoms with van der Waals surface area (Å²) in [6, 6.07) is 8.79. The zero-order chi connectivity index (χ0) is 18.9. The van der Waals surface area contributed by atoms with Crippen molar-refractivity contribution in [1.82, 2.24) is 9.80 Å². The normalized spacial score (nSPS) is 23.3. The topological polar surface area (TPSA) is 66.9 Å². The Morgan fingerprint density at radius 3 is 2.50 bits per heavy atom. The molecule has 1 spiro atoms. The highest BCUT2D eigenvalue weighted by Crippen LogP contribution is 2.40. The first-order chi connectivity index (χ1) is 12.4. The summed E-state index contributed by atoms with van der Waals surface area (Å²) in [6.45, 7) is 6.59. The van der Waals surface area contributed by atoms with Gasteiger partial charge in [0.2, 0.25) is 5.91 Å². The van der Waals surface area contributed by atoms with Crippen molar-refractivity contribution < 1.29 is 19.1 Å². The molecule has 2 aliphatic rings. The van der Waals surface area contributed by atoms with E-state index in [0.29, 0.717) is 19.5 Å². The molecule has 2 saturated heterocycles. The lowest BCUT2D eigenvalue weighted by molar-refractivity contribution is -0.178. The minimum Gasteiger partial charge on any atom is -0.459 e. The zero-order valence-corrected chi connectivity index (χ0v) is 15.6. The van der Waals surface area contributed by atoms with Crippen LogP contribution in [0.5, 0.6) is 0 Å². The molecule has 2 amide bonds. The minimum atomic E-state index is -0.741. The number of benzene rings is 1. The average Bonchev–Trinajstić information content (AvgIpc) is 3.10. The highest BCUT2D eigenvalue weighted by atomic mass is 16.5. The van der Waals surface area contributed by atoms with E-state index in [1.165, 1.54) is 4.90 Å². The maximum Gasteiger partial charge on any atom is 0.328 e. The van der Waals surface area contributed by atoms with Gasteiger partial charge in [0.25, 0.3) is 5.91 Å². The van der Waals surface area contributed by atoms with Crippen LogP contribution in [0.1, 0.15) is 39.2 Å². The van der Waals surface area contributed by atoms with Gasteiger partial charge < -0.3 is 14.5 Å². The van der Waals surface area contributed by atoms with E-state index >= 15 is 0 Å². The second kappa shape index (κ2) is 7.09. The Labute approximate surface area is 154 Å². The van der Waals surface area contributed by atoms with Gasteiger partial charge in [0.1, 0.15) is 18.2 Å². The molecule has 1 aromatic rings. The molecule has 0 aliphatic carbocycles. The number of nitrogens with zero attached hydrogens (tertiary/aromatic N) is 2. The lowest BCUT2D eigenvalue weighted by Crippen LogP contribution is -2.75. The molecule has 0 radical (unpaired) electrons. The SMILES string of the molecule is CC(C)C(=O)N1CCC[C@]12CN([C@@H](C)C(=O)OCc1ccccc1)C2=O. The third kappa shape index (κ3) is 3.08. The molecule has 0 N–H and O–H groups in total. The number of likely N-dealkylation sites (tertiary alicyclic amines) is 2. The molecule has 0 aromatic heterocycles. The number of ether oxygens (including phenoxy) is 1. The predicted molar refractivity (Wildman–Crippen MR) is 95.9 cm³/mol. The zero-order valence-electron chi connectivity index (χ0n) is 15.6. The van der Waals surface area contributed by atoms with Gasteiger partial charge in [-0.3, -0.25) is 9.59 Å². The highest BCUT2D eigenvalue weighted by Gasteiger charge is 2.61. The molecule has 0 bridgehead atoms.